The molecule has 8 nitrogen and oxygen atoms in total. The number of amidine groups is 1. The number of carbonyl (C=O) groups excluding carboxylic acids is 2. The number of aryl methyl sites for hydroxylation is 1. The van der Waals surface area contributed by atoms with Gasteiger partial charge < -0.3 is 9.42 Å². The van der Waals surface area contributed by atoms with Gasteiger partial charge >= 0.3 is 0 Å². The normalized spacial score (nSPS) is 14.2. The predicted octanol–water partition coefficient (Wildman–Crippen LogP) is 0.891. The van der Waals surface area contributed by atoms with Crippen molar-refractivity contribution >= 4 is 23.3 Å². The van der Waals surface area contributed by atoms with Crippen molar-refractivity contribution in [1.82, 2.24) is 15.5 Å². The molecule has 1 aliphatic heterocycles. The van der Waals surface area contributed by atoms with E-state index in [0.29, 0.717) is 17.1 Å². The van der Waals surface area contributed by atoms with Gasteiger partial charge in [0.25, 0.3) is 11.8 Å². The standard InChI is InChI=1S/C16H17N5O3/c1-11-8-12(19-24-11)10-20(2)16(23)15-17-9-14(22)21(18-15)13-6-4-3-5-7-13/h3-8H,9-10H2,1-2H3,(H,17,18). The summed E-state index contributed by atoms with van der Waals surface area (Å²) in [7, 11) is 1.64. The number of carbonyl (C=O) groups is 2. The van der Waals surface area contributed by atoms with E-state index in [1.807, 2.05) is 18.2 Å². The van der Waals surface area contributed by atoms with Crippen molar-refractivity contribution < 1.29 is 14.1 Å². The molecule has 0 saturated heterocycles. The molecule has 0 spiro atoms. The Morgan fingerprint density at radius 2 is 2.12 bits per heavy atom. The number of aliphatic imine (C=N–C) groups is 1. The van der Waals surface area contributed by atoms with Crippen LogP contribution in [-0.2, 0) is 16.1 Å². The summed E-state index contributed by atoms with van der Waals surface area (Å²) in [4.78, 5) is 30.1. The van der Waals surface area contributed by atoms with Gasteiger partial charge in [-0.2, -0.15) is 0 Å². The number of anilines is 1. The minimum absolute atomic E-state index is 0.0835. The topological polar surface area (TPSA) is 91.0 Å². The molecule has 0 bridgehead atoms. The number of hydrazine groups is 1. The zero-order valence-electron chi connectivity index (χ0n) is 13.4. The molecule has 0 fully saturated rings. The number of rotatable bonds is 4. The highest BCUT2D eigenvalue weighted by atomic mass is 16.5. The minimum Gasteiger partial charge on any atom is -0.361 e. The second kappa shape index (κ2) is 6.53. The molecular weight excluding hydrogens is 310 g/mol. The van der Waals surface area contributed by atoms with Crippen LogP contribution in [0.5, 0.6) is 0 Å². The van der Waals surface area contributed by atoms with Crippen molar-refractivity contribution in [3.63, 3.8) is 0 Å². The van der Waals surface area contributed by atoms with Gasteiger partial charge in [0.2, 0.25) is 5.84 Å². The van der Waals surface area contributed by atoms with Gasteiger partial charge in [-0.15, -0.1) is 0 Å². The van der Waals surface area contributed by atoms with Crippen LogP contribution in [0.15, 0.2) is 45.9 Å². The predicted molar refractivity (Wildman–Crippen MR) is 87.1 cm³/mol. The summed E-state index contributed by atoms with van der Waals surface area (Å²) in [6.45, 7) is 1.99. The van der Waals surface area contributed by atoms with Crippen LogP contribution in [0.4, 0.5) is 5.69 Å². The van der Waals surface area contributed by atoms with Crippen LogP contribution in [0.1, 0.15) is 11.5 Å². The number of nitrogens with zero attached hydrogens (tertiary/aromatic N) is 4. The first-order chi connectivity index (χ1) is 11.5. The van der Waals surface area contributed by atoms with Crippen molar-refractivity contribution in [2.45, 2.75) is 13.5 Å². The number of likely N-dealkylation sites (N-methyl/N-ethyl adjacent to an activating group) is 1. The highest BCUT2D eigenvalue weighted by Crippen LogP contribution is 2.13. The van der Waals surface area contributed by atoms with Crippen LogP contribution in [-0.4, -0.2) is 41.3 Å². The summed E-state index contributed by atoms with van der Waals surface area (Å²) in [6, 6.07) is 10.8. The van der Waals surface area contributed by atoms with Gasteiger partial charge in [-0.3, -0.25) is 20.0 Å². The SMILES string of the molecule is Cc1cc(CN(C)C(=O)C2=NCC(=O)N(c3ccccc3)N2)no1. The molecular formula is C16H17N5O3. The van der Waals surface area contributed by atoms with Gasteiger partial charge in [-0.1, -0.05) is 23.4 Å². The number of amides is 2. The molecule has 0 aliphatic carbocycles. The summed E-state index contributed by atoms with van der Waals surface area (Å²) in [5.41, 5.74) is 4.09. The number of hydrogen-bond donors (Lipinski definition) is 1. The molecule has 24 heavy (non-hydrogen) atoms. The molecule has 1 aliphatic rings. The molecule has 3 rings (SSSR count). The Bertz CT molecular complexity index is 784. The second-order valence-electron chi connectivity index (χ2n) is 5.43. The molecule has 2 heterocycles. The van der Waals surface area contributed by atoms with E-state index in [1.54, 1.807) is 32.2 Å². The molecule has 1 N–H and O–H groups in total. The Hall–Kier alpha value is -3.16. The third kappa shape index (κ3) is 3.27. The number of para-hydroxylation sites is 1. The fraction of sp³-hybridized carbons (Fsp3) is 0.250. The Labute approximate surface area is 138 Å². The van der Waals surface area contributed by atoms with Crippen LogP contribution in [0.25, 0.3) is 0 Å². The lowest BCUT2D eigenvalue weighted by atomic mass is 10.3. The zero-order chi connectivity index (χ0) is 17.1. The van der Waals surface area contributed by atoms with E-state index < -0.39 is 0 Å². The van der Waals surface area contributed by atoms with Crippen LogP contribution < -0.4 is 10.4 Å². The van der Waals surface area contributed by atoms with Crippen molar-refractivity contribution in [3.05, 3.63) is 47.9 Å². The first kappa shape index (κ1) is 15.7. The number of nitrogens with one attached hydrogen (secondary N) is 1. The molecule has 124 valence electrons. The molecule has 0 radical (unpaired) electrons. The van der Waals surface area contributed by atoms with Gasteiger partial charge in [-0.05, 0) is 19.1 Å². The van der Waals surface area contributed by atoms with E-state index in [0.717, 1.165) is 0 Å². The molecule has 2 amide bonds. The maximum Gasteiger partial charge on any atom is 0.290 e. The quantitative estimate of drug-likeness (QED) is 0.900. The fourth-order valence-corrected chi connectivity index (χ4v) is 2.31. The summed E-state index contributed by atoms with van der Waals surface area (Å²) in [5.74, 6) is 0.234. The minimum atomic E-state index is -0.330. The van der Waals surface area contributed by atoms with E-state index in [4.69, 9.17) is 4.52 Å². The lowest BCUT2D eigenvalue weighted by Gasteiger charge is -2.29. The summed E-state index contributed by atoms with van der Waals surface area (Å²) < 4.78 is 4.99. The lowest BCUT2D eigenvalue weighted by Crippen LogP contribution is -2.55. The van der Waals surface area contributed by atoms with E-state index in [-0.39, 0.29) is 30.7 Å². The molecule has 0 atom stereocenters. The van der Waals surface area contributed by atoms with Gasteiger partial charge in [0.1, 0.15) is 18.0 Å². The van der Waals surface area contributed by atoms with Gasteiger partial charge in [0.05, 0.1) is 12.2 Å². The van der Waals surface area contributed by atoms with E-state index >= 15 is 0 Å². The molecule has 0 unspecified atom stereocenters. The molecule has 1 aromatic heterocycles. The molecule has 1 aromatic carbocycles. The largest absolute Gasteiger partial charge is 0.361 e. The average Bonchev–Trinajstić information content (AvgIpc) is 3.00. The maximum atomic E-state index is 12.5. The van der Waals surface area contributed by atoms with Crippen LogP contribution in [0, 0.1) is 6.92 Å². The fourth-order valence-electron chi connectivity index (χ4n) is 2.31. The van der Waals surface area contributed by atoms with Crippen LogP contribution >= 0.6 is 0 Å². The monoisotopic (exact) mass is 327 g/mol. The van der Waals surface area contributed by atoms with Crippen molar-refractivity contribution in [3.8, 4) is 0 Å². The summed E-state index contributed by atoms with van der Waals surface area (Å²) >= 11 is 0. The third-order valence-corrected chi connectivity index (χ3v) is 3.48. The zero-order valence-corrected chi connectivity index (χ0v) is 13.4. The Morgan fingerprint density at radius 3 is 2.79 bits per heavy atom. The third-order valence-electron chi connectivity index (χ3n) is 3.48. The number of aromatic nitrogens is 1. The average molecular weight is 327 g/mol. The summed E-state index contributed by atoms with van der Waals surface area (Å²) in [5, 5.41) is 5.19. The first-order valence-corrected chi connectivity index (χ1v) is 7.41. The Kier molecular flexibility index (Phi) is 4.28. The summed E-state index contributed by atoms with van der Waals surface area (Å²) in [6.07, 6.45) is 0. The maximum absolute atomic E-state index is 12.5. The highest BCUT2D eigenvalue weighted by Gasteiger charge is 2.27. The van der Waals surface area contributed by atoms with Crippen LogP contribution in [0.3, 0.4) is 0 Å². The molecule has 0 saturated carbocycles. The van der Waals surface area contributed by atoms with E-state index in [1.165, 1.54) is 9.91 Å². The number of hydrogen-bond acceptors (Lipinski definition) is 6. The smallest absolute Gasteiger partial charge is 0.290 e. The lowest BCUT2D eigenvalue weighted by molar-refractivity contribution is -0.123. The first-order valence-electron chi connectivity index (χ1n) is 7.41. The van der Waals surface area contributed by atoms with Crippen molar-refractivity contribution in [1.29, 1.82) is 0 Å². The molecule has 8 heteroatoms. The van der Waals surface area contributed by atoms with Gasteiger partial charge in [0, 0.05) is 13.1 Å². The second-order valence-corrected chi connectivity index (χ2v) is 5.43. The van der Waals surface area contributed by atoms with Gasteiger partial charge in [-0.25, -0.2) is 5.01 Å². The number of benzene rings is 1. The van der Waals surface area contributed by atoms with Crippen molar-refractivity contribution in [2.24, 2.45) is 4.99 Å². The Balaban J connectivity index is 1.71. The molecule has 2 aromatic rings. The van der Waals surface area contributed by atoms with Gasteiger partial charge in [0.15, 0.2) is 0 Å². The van der Waals surface area contributed by atoms with Crippen LogP contribution in [0.2, 0.25) is 0 Å². The highest BCUT2D eigenvalue weighted by molar-refractivity contribution is 6.39. The van der Waals surface area contributed by atoms with Crippen molar-refractivity contribution in [2.75, 3.05) is 18.6 Å². The van der Waals surface area contributed by atoms with E-state index in [2.05, 4.69) is 15.6 Å². The Morgan fingerprint density at radius 1 is 1.38 bits per heavy atom. The van der Waals surface area contributed by atoms with E-state index in [9.17, 15) is 9.59 Å².